The smallest absolute Gasteiger partial charge is 0.425 e. The second kappa shape index (κ2) is 6.92. The first kappa shape index (κ1) is 16.7. The quantitative estimate of drug-likeness (QED) is 0.687. The van der Waals surface area contributed by atoms with Crippen molar-refractivity contribution in [2.45, 2.75) is 19.2 Å². The van der Waals surface area contributed by atoms with Gasteiger partial charge in [0.05, 0.1) is 0 Å². The topological polar surface area (TPSA) is 55.4 Å². The minimum absolute atomic E-state index is 0.260. The lowest BCUT2D eigenvalue weighted by Gasteiger charge is -2.14. The number of nitrogens with one attached hydrogen (secondary N) is 1. The van der Waals surface area contributed by atoms with E-state index in [4.69, 9.17) is 0 Å². The number of esters is 1. The van der Waals surface area contributed by atoms with Gasteiger partial charge in [0, 0.05) is 18.7 Å². The minimum atomic E-state index is -4.58. The number of halogens is 3. The van der Waals surface area contributed by atoms with E-state index in [-0.39, 0.29) is 5.91 Å². The molecule has 0 saturated heterocycles. The number of carbonyl (C=O) groups is 2. The molecule has 0 aliphatic carbocycles. The summed E-state index contributed by atoms with van der Waals surface area (Å²) >= 11 is 0. The second-order valence-electron chi connectivity index (χ2n) is 4.16. The summed E-state index contributed by atoms with van der Waals surface area (Å²) in [7, 11) is 1.49. The number of hydrogen-bond donors (Lipinski definition) is 1. The average Bonchev–Trinajstić information content (AvgIpc) is 2.43. The molecule has 21 heavy (non-hydrogen) atoms. The summed E-state index contributed by atoms with van der Waals surface area (Å²) in [5.74, 6) is -1.35. The Morgan fingerprint density at radius 2 is 1.81 bits per heavy atom. The van der Waals surface area contributed by atoms with Crippen LogP contribution in [0.2, 0.25) is 0 Å². The molecule has 0 heterocycles. The predicted octanol–water partition coefficient (Wildman–Crippen LogP) is 2.55. The molecule has 0 radical (unpaired) electrons. The van der Waals surface area contributed by atoms with Crippen LogP contribution in [0.5, 0.6) is 0 Å². The van der Waals surface area contributed by atoms with Crippen LogP contribution >= 0.6 is 0 Å². The SMILES string of the molecule is CNC(=O)c1ccc(/C=C/C(=O)O[C@H](C)C(F)(F)F)cc1. The highest BCUT2D eigenvalue weighted by molar-refractivity contribution is 5.94. The Labute approximate surface area is 119 Å². The number of hydrogen-bond acceptors (Lipinski definition) is 3. The molecule has 0 aliphatic heterocycles. The van der Waals surface area contributed by atoms with Crippen molar-refractivity contribution in [3.8, 4) is 0 Å². The number of rotatable bonds is 4. The fourth-order valence-corrected chi connectivity index (χ4v) is 1.33. The van der Waals surface area contributed by atoms with E-state index >= 15 is 0 Å². The number of amides is 1. The number of carbonyl (C=O) groups excluding carboxylic acids is 2. The van der Waals surface area contributed by atoms with Gasteiger partial charge in [-0.25, -0.2) is 4.79 Å². The highest BCUT2D eigenvalue weighted by atomic mass is 19.4. The first-order valence-electron chi connectivity index (χ1n) is 6.01. The van der Waals surface area contributed by atoms with Crippen LogP contribution in [-0.4, -0.2) is 31.2 Å². The van der Waals surface area contributed by atoms with Crippen LogP contribution in [0, 0.1) is 0 Å². The van der Waals surface area contributed by atoms with Gasteiger partial charge in [-0.3, -0.25) is 4.79 Å². The van der Waals surface area contributed by atoms with Crippen LogP contribution in [-0.2, 0) is 9.53 Å². The molecule has 0 unspecified atom stereocenters. The molecule has 4 nitrogen and oxygen atoms in total. The van der Waals surface area contributed by atoms with Gasteiger partial charge in [-0.15, -0.1) is 0 Å². The third-order valence-electron chi connectivity index (χ3n) is 2.57. The fourth-order valence-electron chi connectivity index (χ4n) is 1.33. The van der Waals surface area contributed by atoms with Gasteiger partial charge >= 0.3 is 12.1 Å². The van der Waals surface area contributed by atoms with E-state index in [0.717, 1.165) is 13.0 Å². The molecule has 0 aromatic heterocycles. The first-order chi connectivity index (χ1) is 9.74. The fraction of sp³-hybridized carbons (Fsp3) is 0.286. The molecule has 0 aliphatic rings. The van der Waals surface area contributed by atoms with Crippen molar-refractivity contribution < 1.29 is 27.5 Å². The van der Waals surface area contributed by atoms with Gasteiger partial charge in [-0.1, -0.05) is 12.1 Å². The standard InChI is InChI=1S/C14H14F3NO3/c1-9(14(15,16)17)21-12(19)8-5-10-3-6-11(7-4-10)13(20)18-2/h3-9H,1-2H3,(H,18,20)/b8-5+/t9-/m1/s1. The van der Waals surface area contributed by atoms with Gasteiger partial charge in [0.15, 0.2) is 6.10 Å². The normalized spacial score (nSPS) is 13.0. The number of benzene rings is 1. The van der Waals surface area contributed by atoms with Crippen LogP contribution in [0.4, 0.5) is 13.2 Å². The highest BCUT2D eigenvalue weighted by Crippen LogP contribution is 2.22. The lowest BCUT2D eigenvalue weighted by molar-refractivity contribution is -0.213. The van der Waals surface area contributed by atoms with E-state index in [0.29, 0.717) is 11.1 Å². The van der Waals surface area contributed by atoms with Crippen LogP contribution in [0.25, 0.3) is 6.08 Å². The molecule has 1 amide bonds. The molecule has 1 N–H and O–H groups in total. The molecular formula is C14H14F3NO3. The van der Waals surface area contributed by atoms with Gasteiger partial charge in [0.2, 0.25) is 0 Å². The Kier molecular flexibility index (Phi) is 5.52. The van der Waals surface area contributed by atoms with Crippen molar-refractivity contribution in [3.63, 3.8) is 0 Å². The van der Waals surface area contributed by atoms with Crippen molar-refractivity contribution in [1.29, 1.82) is 0 Å². The lowest BCUT2D eigenvalue weighted by atomic mass is 10.1. The van der Waals surface area contributed by atoms with Crippen molar-refractivity contribution in [2.75, 3.05) is 7.05 Å². The molecule has 7 heteroatoms. The summed E-state index contributed by atoms with van der Waals surface area (Å²) in [6.07, 6.45) is -4.54. The maximum Gasteiger partial charge on any atom is 0.425 e. The van der Waals surface area contributed by atoms with E-state index < -0.39 is 18.2 Å². The average molecular weight is 301 g/mol. The number of alkyl halides is 3. The third kappa shape index (κ3) is 5.29. The molecule has 0 bridgehead atoms. The summed E-state index contributed by atoms with van der Waals surface area (Å²) < 4.78 is 40.8. The van der Waals surface area contributed by atoms with Gasteiger partial charge in [-0.2, -0.15) is 13.2 Å². The maximum atomic E-state index is 12.2. The van der Waals surface area contributed by atoms with Gasteiger partial charge in [-0.05, 0) is 30.7 Å². The Hall–Kier alpha value is -2.31. The Morgan fingerprint density at radius 3 is 2.29 bits per heavy atom. The molecule has 114 valence electrons. The molecule has 1 aromatic rings. The van der Waals surface area contributed by atoms with Crippen molar-refractivity contribution >= 4 is 18.0 Å². The molecule has 1 atom stereocenters. The zero-order valence-electron chi connectivity index (χ0n) is 11.4. The zero-order valence-corrected chi connectivity index (χ0v) is 11.4. The monoisotopic (exact) mass is 301 g/mol. The van der Waals surface area contributed by atoms with Crippen LogP contribution in [0.1, 0.15) is 22.8 Å². The number of ether oxygens (including phenoxy) is 1. The Bertz CT molecular complexity index is 535. The van der Waals surface area contributed by atoms with Crippen LogP contribution in [0.15, 0.2) is 30.3 Å². The molecule has 0 spiro atoms. The van der Waals surface area contributed by atoms with E-state index in [2.05, 4.69) is 10.1 Å². The van der Waals surface area contributed by atoms with Crippen molar-refractivity contribution in [3.05, 3.63) is 41.5 Å². The maximum absolute atomic E-state index is 12.2. The molecular weight excluding hydrogens is 287 g/mol. The van der Waals surface area contributed by atoms with Crippen molar-refractivity contribution in [2.24, 2.45) is 0 Å². The first-order valence-corrected chi connectivity index (χ1v) is 6.01. The summed E-state index contributed by atoms with van der Waals surface area (Å²) in [6, 6.07) is 6.17. The zero-order chi connectivity index (χ0) is 16.0. The van der Waals surface area contributed by atoms with E-state index in [9.17, 15) is 22.8 Å². The van der Waals surface area contributed by atoms with Gasteiger partial charge in [0.1, 0.15) is 0 Å². The second-order valence-corrected chi connectivity index (χ2v) is 4.16. The molecule has 1 rings (SSSR count). The third-order valence-corrected chi connectivity index (χ3v) is 2.57. The summed E-state index contributed by atoms with van der Waals surface area (Å²) in [5, 5.41) is 2.45. The van der Waals surface area contributed by atoms with E-state index in [1.165, 1.54) is 25.3 Å². The van der Waals surface area contributed by atoms with Crippen molar-refractivity contribution in [1.82, 2.24) is 5.32 Å². The van der Waals surface area contributed by atoms with Gasteiger partial charge in [0.25, 0.3) is 5.91 Å². The largest absolute Gasteiger partial charge is 0.450 e. The minimum Gasteiger partial charge on any atom is -0.450 e. The Balaban J connectivity index is 2.64. The van der Waals surface area contributed by atoms with E-state index in [1.807, 2.05) is 0 Å². The van der Waals surface area contributed by atoms with Gasteiger partial charge < -0.3 is 10.1 Å². The molecule has 0 saturated carbocycles. The van der Waals surface area contributed by atoms with E-state index in [1.54, 1.807) is 12.1 Å². The summed E-state index contributed by atoms with van der Waals surface area (Å²) in [4.78, 5) is 22.5. The summed E-state index contributed by atoms with van der Waals surface area (Å²) in [6.45, 7) is 0.754. The Morgan fingerprint density at radius 1 is 1.24 bits per heavy atom. The molecule has 0 fully saturated rings. The predicted molar refractivity (Wildman–Crippen MR) is 70.5 cm³/mol. The lowest BCUT2D eigenvalue weighted by Crippen LogP contribution is -2.30. The van der Waals surface area contributed by atoms with Crippen LogP contribution in [0.3, 0.4) is 0 Å². The highest BCUT2D eigenvalue weighted by Gasteiger charge is 2.38. The van der Waals surface area contributed by atoms with Crippen LogP contribution < -0.4 is 5.32 Å². The molecule has 1 aromatic carbocycles. The summed E-state index contributed by atoms with van der Waals surface area (Å²) in [5.41, 5.74) is 0.988.